The number of carbonyl (C=O) groups is 4. The molecule has 8 rings (SSSR count). The Hall–Kier alpha value is -8.12. The van der Waals surface area contributed by atoms with Crippen LogP contribution in [0.1, 0.15) is 41.4 Å². The van der Waals surface area contributed by atoms with Gasteiger partial charge in [-0.15, -0.1) is 0 Å². The van der Waals surface area contributed by atoms with Gasteiger partial charge in [0.05, 0.1) is 69.4 Å². The van der Waals surface area contributed by atoms with Crippen LogP contribution in [-0.2, 0) is 17.1 Å². The molecule has 0 N–H and O–H groups in total. The summed E-state index contributed by atoms with van der Waals surface area (Å²) < 4.78 is 0. The second kappa shape index (κ2) is 19.1. The Bertz CT molecular complexity index is 2480. The van der Waals surface area contributed by atoms with Gasteiger partial charge in [-0.05, 0) is 48.5 Å². The molecule has 8 aromatic rings. The molecule has 0 unspecified atom stereocenters. The first-order valence-corrected chi connectivity index (χ1v) is 18.2. The van der Waals surface area contributed by atoms with Crippen LogP contribution in [0.5, 0.6) is 0 Å². The number of aromatic carboxylic acids is 4. The van der Waals surface area contributed by atoms with Crippen LogP contribution >= 0.6 is 0 Å². The van der Waals surface area contributed by atoms with E-state index >= 15 is 0 Å². The summed E-state index contributed by atoms with van der Waals surface area (Å²) in [5.74, 6) is -5.46. The zero-order valence-electron chi connectivity index (χ0n) is 31.5. The van der Waals surface area contributed by atoms with Crippen molar-refractivity contribution in [1.82, 2.24) is 19.9 Å². The number of carbonyl (C=O) groups excluding carboxylic acids is 4. The van der Waals surface area contributed by atoms with E-state index in [1.165, 1.54) is 48.5 Å². The summed E-state index contributed by atoms with van der Waals surface area (Å²) in [6.45, 7) is 0. The second-order valence-electron chi connectivity index (χ2n) is 13.1. The summed E-state index contributed by atoms with van der Waals surface area (Å²) in [5, 5.41) is 46.3. The molecule has 0 atom stereocenters. The fourth-order valence-corrected chi connectivity index (χ4v) is 6.15. The molecular formula is C48H28CuN4O8-3. The number of carboxylic acid groups (broad SMARTS) is 4. The summed E-state index contributed by atoms with van der Waals surface area (Å²) in [6, 6.07) is 47.1. The van der Waals surface area contributed by atoms with Crippen molar-refractivity contribution in [3.8, 4) is 67.8 Å². The van der Waals surface area contributed by atoms with E-state index in [0.29, 0.717) is 45.0 Å². The third-order valence-corrected chi connectivity index (χ3v) is 9.05. The Morgan fingerprint density at radius 2 is 0.443 bits per heavy atom. The summed E-state index contributed by atoms with van der Waals surface area (Å²) in [6.07, 6.45) is 0. The predicted molar refractivity (Wildman–Crippen MR) is 214 cm³/mol. The molecule has 0 saturated heterocycles. The molecule has 4 aromatic carbocycles. The molecule has 302 valence electrons. The van der Waals surface area contributed by atoms with Gasteiger partial charge in [-0.2, -0.15) is 0 Å². The van der Waals surface area contributed by atoms with Crippen LogP contribution in [0.15, 0.2) is 170 Å². The minimum Gasteiger partial charge on any atom is -0.545 e. The summed E-state index contributed by atoms with van der Waals surface area (Å²) in [4.78, 5) is 64.4. The Morgan fingerprint density at radius 3 is 0.607 bits per heavy atom. The Balaban J connectivity index is 0.000000201. The fraction of sp³-hybridized carbons (Fsp3) is 0. The van der Waals surface area contributed by atoms with Gasteiger partial charge < -0.3 is 39.6 Å². The number of carboxylic acids is 4. The maximum absolute atomic E-state index is 11.6. The Morgan fingerprint density at radius 1 is 0.279 bits per heavy atom. The van der Waals surface area contributed by atoms with Crippen LogP contribution in [0, 0.1) is 0 Å². The van der Waals surface area contributed by atoms with Crippen LogP contribution in [0.2, 0.25) is 0 Å². The average molecular weight is 852 g/mol. The van der Waals surface area contributed by atoms with E-state index in [2.05, 4.69) is 19.9 Å². The molecule has 0 amide bonds. The van der Waals surface area contributed by atoms with Crippen molar-refractivity contribution in [3.05, 3.63) is 192 Å². The molecule has 12 nitrogen and oxygen atoms in total. The van der Waals surface area contributed by atoms with Gasteiger partial charge in [0.15, 0.2) is 0 Å². The number of hydrogen-bond acceptors (Lipinski definition) is 12. The normalized spacial score (nSPS) is 10.4. The number of aromatic nitrogens is 4. The van der Waals surface area contributed by atoms with Crippen LogP contribution in [-0.4, -0.2) is 43.8 Å². The quantitative estimate of drug-likeness (QED) is 0.175. The number of nitrogens with zero attached hydrogens (tertiary/aromatic N) is 4. The average Bonchev–Trinajstić information content (AvgIpc) is 3.29. The molecule has 0 radical (unpaired) electrons. The number of hydrogen-bond donors (Lipinski definition) is 0. The van der Waals surface area contributed by atoms with Gasteiger partial charge in [-0.3, -0.25) is 0 Å². The first-order valence-electron chi connectivity index (χ1n) is 18.2. The van der Waals surface area contributed by atoms with Gasteiger partial charge in [-0.1, -0.05) is 121 Å². The molecule has 0 spiro atoms. The zero-order chi connectivity index (χ0) is 42.2. The van der Waals surface area contributed by atoms with Crippen molar-refractivity contribution in [2.75, 3.05) is 0 Å². The van der Waals surface area contributed by atoms with E-state index < -0.39 is 23.9 Å². The van der Waals surface area contributed by atoms with Gasteiger partial charge in [0, 0.05) is 44.5 Å². The third-order valence-electron chi connectivity index (χ3n) is 9.05. The Labute approximate surface area is 359 Å². The third kappa shape index (κ3) is 10.3. The number of pyridine rings is 4. The molecule has 4 heterocycles. The van der Waals surface area contributed by atoms with Crippen molar-refractivity contribution in [1.29, 1.82) is 0 Å². The first kappa shape index (κ1) is 42.5. The van der Waals surface area contributed by atoms with E-state index in [1.807, 2.05) is 72.8 Å². The van der Waals surface area contributed by atoms with Crippen LogP contribution in [0.25, 0.3) is 67.8 Å². The molecule has 0 aliphatic heterocycles. The molecule has 0 fully saturated rings. The number of rotatable bonds is 10. The molecule has 0 bridgehead atoms. The molecule has 0 aliphatic carbocycles. The van der Waals surface area contributed by atoms with E-state index in [-0.39, 0.29) is 62.1 Å². The molecule has 13 heteroatoms. The van der Waals surface area contributed by atoms with Crippen molar-refractivity contribution >= 4 is 23.9 Å². The fourth-order valence-electron chi connectivity index (χ4n) is 6.15. The minimum absolute atomic E-state index is 0. The van der Waals surface area contributed by atoms with Crippen molar-refractivity contribution in [2.24, 2.45) is 0 Å². The topological polar surface area (TPSA) is 212 Å². The number of benzene rings is 4. The monoisotopic (exact) mass is 851 g/mol. The first-order chi connectivity index (χ1) is 29.0. The van der Waals surface area contributed by atoms with Crippen LogP contribution in [0.3, 0.4) is 0 Å². The van der Waals surface area contributed by atoms with Crippen LogP contribution in [0.4, 0.5) is 0 Å². The second-order valence-corrected chi connectivity index (χ2v) is 13.1. The summed E-state index contributed by atoms with van der Waals surface area (Å²) in [5.41, 5.74) is 5.03. The zero-order valence-corrected chi connectivity index (χ0v) is 32.5. The smallest absolute Gasteiger partial charge is 0.545 e. The minimum atomic E-state index is -1.37. The van der Waals surface area contributed by atoms with Crippen molar-refractivity contribution in [3.63, 3.8) is 0 Å². The van der Waals surface area contributed by atoms with Gasteiger partial charge in [-0.25, -0.2) is 19.9 Å². The van der Waals surface area contributed by atoms with E-state index in [4.69, 9.17) is 0 Å². The molecule has 61 heavy (non-hydrogen) atoms. The molecule has 0 saturated carbocycles. The SMILES string of the molecule is O=C([O-])c1cc(-c2ccccc2)nc(-c2cc(C(=O)[O-])cc(-c3ccccc3)n2)c1.O=C([O-])c1cc(-c2ccccc2)nc(-c2cc(C(=O)[O-])cc(-c3ccccc3)n2)c1.[Cu+]. The van der Waals surface area contributed by atoms with E-state index in [1.54, 1.807) is 48.5 Å². The van der Waals surface area contributed by atoms with Gasteiger partial charge >= 0.3 is 17.1 Å². The van der Waals surface area contributed by atoms with E-state index in [0.717, 1.165) is 0 Å². The molecule has 4 aromatic heterocycles. The van der Waals surface area contributed by atoms with Gasteiger partial charge in [0.1, 0.15) is 0 Å². The summed E-state index contributed by atoms with van der Waals surface area (Å²) >= 11 is 0. The standard InChI is InChI=1S/2C24H16N2O4.Cu/c2*27-23(28)17-11-19(15-7-3-1-4-8-15)25-21(13-17)22-14-18(24(29)30)12-20(26-22)16-9-5-2-6-10-16;/h2*1-14H,(H,27,28)(H,29,30);/q;;+1/p-4. The Kier molecular flexibility index (Phi) is 13.3. The van der Waals surface area contributed by atoms with Crippen LogP contribution < -0.4 is 20.4 Å². The summed E-state index contributed by atoms with van der Waals surface area (Å²) in [7, 11) is 0. The predicted octanol–water partition coefficient (Wildman–Crippen LogP) is 4.41. The van der Waals surface area contributed by atoms with Gasteiger partial charge in [0.2, 0.25) is 0 Å². The molecule has 0 aliphatic rings. The largest absolute Gasteiger partial charge is 1.00 e. The maximum Gasteiger partial charge on any atom is 1.00 e. The maximum atomic E-state index is 11.6. The molecular weight excluding hydrogens is 824 g/mol. The van der Waals surface area contributed by atoms with Gasteiger partial charge in [0.25, 0.3) is 0 Å². The van der Waals surface area contributed by atoms with Crippen molar-refractivity contribution < 1.29 is 56.7 Å². The van der Waals surface area contributed by atoms with Crippen molar-refractivity contribution in [2.45, 2.75) is 0 Å². The van der Waals surface area contributed by atoms with E-state index in [9.17, 15) is 39.6 Å².